The van der Waals surface area contributed by atoms with E-state index in [0.717, 1.165) is 11.3 Å². The maximum atomic E-state index is 14.1. The molecular formula is C27H28FN3O3S. The molecule has 1 fully saturated rings. The van der Waals surface area contributed by atoms with Crippen LogP contribution in [0.2, 0.25) is 0 Å². The van der Waals surface area contributed by atoms with Crippen molar-refractivity contribution in [3.05, 3.63) is 95.8 Å². The molecule has 35 heavy (non-hydrogen) atoms. The summed E-state index contributed by atoms with van der Waals surface area (Å²) in [6.07, 6.45) is 0. The molecule has 0 bridgehead atoms. The number of ether oxygens (including phenoxy) is 1. The van der Waals surface area contributed by atoms with Crippen molar-refractivity contribution in [1.82, 2.24) is 5.32 Å². The number of morpholine rings is 1. The normalized spacial score (nSPS) is 14.3. The Morgan fingerprint density at radius 1 is 0.971 bits per heavy atom. The average molecular weight is 494 g/mol. The lowest BCUT2D eigenvalue weighted by molar-refractivity contribution is -0.117. The monoisotopic (exact) mass is 493 g/mol. The fraction of sp³-hybridized carbons (Fsp3) is 0.259. The zero-order chi connectivity index (χ0) is 24.5. The van der Waals surface area contributed by atoms with Gasteiger partial charge in [0, 0.05) is 30.2 Å². The van der Waals surface area contributed by atoms with Crippen molar-refractivity contribution in [2.45, 2.75) is 11.8 Å². The average Bonchev–Trinajstić information content (AvgIpc) is 2.90. The predicted octanol–water partition coefficient (Wildman–Crippen LogP) is 4.33. The van der Waals surface area contributed by atoms with Gasteiger partial charge in [-0.25, -0.2) is 4.39 Å². The second-order valence-corrected chi connectivity index (χ2v) is 9.17. The number of amides is 2. The molecule has 0 radical (unpaired) electrons. The first-order valence-electron chi connectivity index (χ1n) is 11.5. The number of nitrogens with zero attached hydrogens (tertiary/aromatic N) is 1. The Balaban J connectivity index is 1.50. The van der Waals surface area contributed by atoms with E-state index in [4.69, 9.17) is 4.74 Å². The van der Waals surface area contributed by atoms with E-state index in [1.165, 1.54) is 12.1 Å². The SMILES string of the molecule is O=C(NC(CSCc1ccccc1)C(=O)Nc1cc(F)ccc1N1CCOCC1)c1ccccc1. The van der Waals surface area contributed by atoms with Gasteiger partial charge in [0.05, 0.1) is 24.6 Å². The van der Waals surface area contributed by atoms with Gasteiger partial charge in [0.25, 0.3) is 5.91 Å². The summed E-state index contributed by atoms with van der Waals surface area (Å²) in [5.41, 5.74) is 2.71. The Morgan fingerprint density at radius 2 is 1.66 bits per heavy atom. The van der Waals surface area contributed by atoms with Gasteiger partial charge in [-0.2, -0.15) is 11.8 Å². The van der Waals surface area contributed by atoms with E-state index in [1.54, 1.807) is 42.1 Å². The van der Waals surface area contributed by atoms with Crippen LogP contribution in [0.3, 0.4) is 0 Å². The van der Waals surface area contributed by atoms with E-state index in [1.807, 2.05) is 36.4 Å². The smallest absolute Gasteiger partial charge is 0.251 e. The summed E-state index contributed by atoms with van der Waals surface area (Å²) in [5, 5.41) is 5.72. The molecule has 182 valence electrons. The number of anilines is 2. The highest BCUT2D eigenvalue weighted by atomic mass is 32.2. The van der Waals surface area contributed by atoms with Crippen molar-refractivity contribution in [2.24, 2.45) is 0 Å². The molecule has 1 saturated heterocycles. The van der Waals surface area contributed by atoms with Gasteiger partial charge >= 0.3 is 0 Å². The van der Waals surface area contributed by atoms with Gasteiger partial charge in [-0.3, -0.25) is 9.59 Å². The first-order valence-corrected chi connectivity index (χ1v) is 12.7. The third-order valence-electron chi connectivity index (χ3n) is 5.62. The molecule has 1 aliphatic rings. The summed E-state index contributed by atoms with van der Waals surface area (Å²) < 4.78 is 19.5. The minimum absolute atomic E-state index is 0.335. The molecule has 1 unspecified atom stereocenters. The summed E-state index contributed by atoms with van der Waals surface area (Å²) in [5.74, 6) is -0.110. The van der Waals surface area contributed by atoms with Gasteiger partial charge in [0.1, 0.15) is 11.9 Å². The van der Waals surface area contributed by atoms with Crippen molar-refractivity contribution in [1.29, 1.82) is 0 Å². The molecule has 0 aromatic heterocycles. The van der Waals surface area contributed by atoms with Gasteiger partial charge < -0.3 is 20.3 Å². The number of benzene rings is 3. The number of hydrogen-bond acceptors (Lipinski definition) is 5. The molecule has 0 saturated carbocycles. The fourth-order valence-corrected chi connectivity index (χ4v) is 4.81. The molecule has 1 heterocycles. The quantitative estimate of drug-likeness (QED) is 0.464. The van der Waals surface area contributed by atoms with Crippen LogP contribution in [0, 0.1) is 5.82 Å². The number of halogens is 1. The van der Waals surface area contributed by atoms with Crippen molar-refractivity contribution in [3.8, 4) is 0 Å². The highest BCUT2D eigenvalue weighted by Crippen LogP contribution is 2.28. The number of carbonyl (C=O) groups excluding carboxylic acids is 2. The second-order valence-electron chi connectivity index (χ2n) is 8.14. The van der Waals surface area contributed by atoms with E-state index in [2.05, 4.69) is 15.5 Å². The molecule has 2 N–H and O–H groups in total. The van der Waals surface area contributed by atoms with Crippen LogP contribution in [0.4, 0.5) is 15.8 Å². The zero-order valence-corrected chi connectivity index (χ0v) is 20.1. The minimum Gasteiger partial charge on any atom is -0.378 e. The topological polar surface area (TPSA) is 70.7 Å². The van der Waals surface area contributed by atoms with Crippen LogP contribution in [-0.2, 0) is 15.3 Å². The lowest BCUT2D eigenvalue weighted by atomic mass is 10.2. The lowest BCUT2D eigenvalue weighted by Crippen LogP contribution is -2.46. The highest BCUT2D eigenvalue weighted by molar-refractivity contribution is 7.98. The van der Waals surface area contributed by atoms with Gasteiger partial charge in [-0.05, 0) is 35.9 Å². The Labute approximate surface area is 208 Å². The van der Waals surface area contributed by atoms with Gasteiger partial charge in [0.2, 0.25) is 5.91 Å². The molecular weight excluding hydrogens is 465 g/mol. The van der Waals surface area contributed by atoms with Crippen LogP contribution < -0.4 is 15.5 Å². The number of hydrogen-bond donors (Lipinski definition) is 2. The first-order chi connectivity index (χ1) is 17.1. The molecule has 3 aromatic rings. The molecule has 3 aromatic carbocycles. The zero-order valence-electron chi connectivity index (χ0n) is 19.3. The Hall–Kier alpha value is -3.36. The van der Waals surface area contributed by atoms with Crippen molar-refractivity contribution < 1.29 is 18.7 Å². The van der Waals surface area contributed by atoms with Crippen molar-refractivity contribution in [2.75, 3.05) is 42.3 Å². The third-order valence-corrected chi connectivity index (χ3v) is 6.73. The molecule has 4 rings (SSSR count). The van der Waals surface area contributed by atoms with Crippen molar-refractivity contribution >= 4 is 35.0 Å². The van der Waals surface area contributed by atoms with Crippen molar-refractivity contribution in [3.63, 3.8) is 0 Å². The number of thioether (sulfide) groups is 1. The standard InChI is InChI=1S/C27H28FN3O3S/c28-22-11-12-25(31-13-15-34-16-14-31)23(17-22)29-27(33)24(19-35-18-20-7-3-1-4-8-20)30-26(32)21-9-5-2-6-10-21/h1-12,17,24H,13-16,18-19H2,(H,29,33)(H,30,32). The summed E-state index contributed by atoms with van der Waals surface area (Å²) in [7, 11) is 0. The van der Waals surface area contributed by atoms with E-state index in [0.29, 0.717) is 49.1 Å². The van der Waals surface area contributed by atoms with Gasteiger partial charge in [-0.15, -0.1) is 0 Å². The van der Waals surface area contributed by atoms with Crippen LogP contribution in [0.5, 0.6) is 0 Å². The molecule has 0 aliphatic carbocycles. The number of nitrogens with one attached hydrogen (secondary N) is 2. The maximum absolute atomic E-state index is 14.1. The summed E-state index contributed by atoms with van der Waals surface area (Å²) in [6.45, 7) is 2.43. The van der Waals surface area contributed by atoms with E-state index < -0.39 is 17.8 Å². The minimum atomic E-state index is -0.808. The molecule has 1 aliphatic heterocycles. The van der Waals surface area contributed by atoms with E-state index >= 15 is 0 Å². The summed E-state index contributed by atoms with van der Waals surface area (Å²) in [6, 6.07) is 22.3. The van der Waals surface area contributed by atoms with Crippen LogP contribution >= 0.6 is 11.8 Å². The van der Waals surface area contributed by atoms with Crippen LogP contribution in [0.15, 0.2) is 78.9 Å². The Bertz CT molecular complexity index is 1130. The van der Waals surface area contributed by atoms with E-state index in [9.17, 15) is 14.0 Å². The van der Waals surface area contributed by atoms with Gasteiger partial charge in [-0.1, -0.05) is 48.5 Å². The number of rotatable bonds is 9. The lowest BCUT2D eigenvalue weighted by Gasteiger charge is -2.31. The van der Waals surface area contributed by atoms with Crippen LogP contribution in [0.1, 0.15) is 15.9 Å². The fourth-order valence-electron chi connectivity index (χ4n) is 3.79. The third kappa shape index (κ3) is 7.07. The maximum Gasteiger partial charge on any atom is 0.251 e. The van der Waals surface area contributed by atoms with E-state index in [-0.39, 0.29) is 5.91 Å². The largest absolute Gasteiger partial charge is 0.378 e. The molecule has 2 amide bonds. The molecule has 0 spiro atoms. The second kappa shape index (κ2) is 12.4. The predicted molar refractivity (Wildman–Crippen MR) is 138 cm³/mol. The molecule has 8 heteroatoms. The number of carbonyl (C=O) groups is 2. The summed E-state index contributed by atoms with van der Waals surface area (Å²) in [4.78, 5) is 28.3. The molecule has 6 nitrogen and oxygen atoms in total. The van der Waals surface area contributed by atoms with Crippen LogP contribution in [-0.4, -0.2) is 49.9 Å². The first kappa shape index (κ1) is 24.8. The highest BCUT2D eigenvalue weighted by Gasteiger charge is 2.24. The Morgan fingerprint density at radius 3 is 2.37 bits per heavy atom. The van der Waals surface area contributed by atoms with Gasteiger partial charge in [0.15, 0.2) is 0 Å². The Kier molecular flexibility index (Phi) is 8.75. The summed E-state index contributed by atoms with van der Waals surface area (Å²) >= 11 is 1.55. The molecule has 1 atom stereocenters. The van der Waals surface area contributed by atoms with Crippen LogP contribution in [0.25, 0.3) is 0 Å².